The molecule has 0 unspecified atom stereocenters. The second kappa shape index (κ2) is 6.41. The van der Waals surface area contributed by atoms with Gasteiger partial charge in [0.25, 0.3) is 0 Å². The number of benzene rings is 1. The molecular formula is C12H17FO. The van der Waals surface area contributed by atoms with Crippen LogP contribution in [0.25, 0.3) is 0 Å². The summed E-state index contributed by atoms with van der Waals surface area (Å²) in [4.78, 5) is 0. The quantitative estimate of drug-likeness (QED) is 0.630. The molecule has 0 saturated carbocycles. The fourth-order valence-corrected chi connectivity index (χ4v) is 1.48. The average Bonchev–Trinajstić information content (AvgIpc) is 2.21. The zero-order chi connectivity index (χ0) is 10.2. The Balaban J connectivity index is 2.55. The van der Waals surface area contributed by atoms with Gasteiger partial charge in [-0.3, -0.25) is 0 Å². The van der Waals surface area contributed by atoms with Crippen LogP contribution in [0.3, 0.4) is 0 Å². The zero-order valence-corrected chi connectivity index (χ0v) is 8.63. The van der Waals surface area contributed by atoms with Gasteiger partial charge < -0.3 is 4.74 Å². The van der Waals surface area contributed by atoms with Crippen LogP contribution in [0.2, 0.25) is 0 Å². The number of para-hydroxylation sites is 1. The van der Waals surface area contributed by atoms with Crippen molar-refractivity contribution in [2.24, 2.45) is 0 Å². The van der Waals surface area contributed by atoms with Gasteiger partial charge in [-0.1, -0.05) is 38.0 Å². The van der Waals surface area contributed by atoms with E-state index in [4.69, 9.17) is 4.74 Å². The van der Waals surface area contributed by atoms with Crippen LogP contribution in [0.5, 0.6) is 5.75 Å². The largest absolute Gasteiger partial charge is 0.463 e. The Bertz CT molecular complexity index is 260. The summed E-state index contributed by atoms with van der Waals surface area (Å²) < 4.78 is 16.9. The lowest BCUT2D eigenvalue weighted by molar-refractivity contribution is 0.190. The minimum atomic E-state index is -0.745. The minimum absolute atomic E-state index is 0.686. The first kappa shape index (κ1) is 11.0. The van der Waals surface area contributed by atoms with Crippen molar-refractivity contribution in [2.75, 3.05) is 6.86 Å². The van der Waals surface area contributed by atoms with Gasteiger partial charge >= 0.3 is 0 Å². The summed E-state index contributed by atoms with van der Waals surface area (Å²) in [7, 11) is 0. The Morgan fingerprint density at radius 2 is 2.00 bits per heavy atom. The fourth-order valence-electron chi connectivity index (χ4n) is 1.48. The Morgan fingerprint density at radius 1 is 1.21 bits per heavy atom. The summed E-state index contributed by atoms with van der Waals surface area (Å²) in [6.07, 6.45) is 4.53. The lowest BCUT2D eigenvalue weighted by Crippen LogP contribution is -1.95. The van der Waals surface area contributed by atoms with E-state index in [-0.39, 0.29) is 0 Å². The van der Waals surface area contributed by atoms with Crippen molar-refractivity contribution in [1.29, 1.82) is 0 Å². The molecule has 0 amide bonds. The predicted octanol–water partition coefficient (Wildman–Crippen LogP) is 3.73. The first-order valence-electron chi connectivity index (χ1n) is 5.15. The van der Waals surface area contributed by atoms with E-state index in [9.17, 15) is 4.39 Å². The van der Waals surface area contributed by atoms with Gasteiger partial charge in [-0.25, -0.2) is 4.39 Å². The number of halogens is 1. The molecule has 0 saturated heterocycles. The number of ether oxygens (including phenoxy) is 1. The van der Waals surface area contributed by atoms with Crippen LogP contribution in [-0.2, 0) is 6.42 Å². The second-order valence-electron chi connectivity index (χ2n) is 3.32. The van der Waals surface area contributed by atoms with Gasteiger partial charge in [-0.05, 0) is 24.5 Å². The first-order valence-corrected chi connectivity index (χ1v) is 5.15. The smallest absolute Gasteiger partial charge is 0.228 e. The maximum Gasteiger partial charge on any atom is 0.228 e. The lowest BCUT2D eigenvalue weighted by atomic mass is 10.1. The van der Waals surface area contributed by atoms with Gasteiger partial charge in [0.1, 0.15) is 5.75 Å². The van der Waals surface area contributed by atoms with E-state index in [0.29, 0.717) is 5.75 Å². The molecule has 0 heterocycles. The molecular weight excluding hydrogens is 179 g/mol. The van der Waals surface area contributed by atoms with Crippen molar-refractivity contribution in [3.63, 3.8) is 0 Å². The Labute approximate surface area is 84.9 Å². The van der Waals surface area contributed by atoms with E-state index in [1.165, 1.54) is 12.8 Å². The SMILES string of the molecule is CCCCCc1ccccc1OCF. The van der Waals surface area contributed by atoms with E-state index >= 15 is 0 Å². The Morgan fingerprint density at radius 3 is 2.71 bits per heavy atom. The highest BCUT2D eigenvalue weighted by atomic mass is 19.1. The van der Waals surface area contributed by atoms with Gasteiger partial charge in [-0.15, -0.1) is 0 Å². The topological polar surface area (TPSA) is 9.23 Å². The van der Waals surface area contributed by atoms with Gasteiger partial charge in [-0.2, -0.15) is 0 Å². The second-order valence-corrected chi connectivity index (χ2v) is 3.32. The summed E-state index contributed by atoms with van der Waals surface area (Å²) in [5.41, 5.74) is 1.11. The van der Waals surface area contributed by atoms with E-state index in [0.717, 1.165) is 18.4 Å². The predicted molar refractivity (Wildman–Crippen MR) is 56.3 cm³/mol. The van der Waals surface area contributed by atoms with Crippen LogP contribution < -0.4 is 4.74 Å². The van der Waals surface area contributed by atoms with Gasteiger partial charge in [0.15, 0.2) is 0 Å². The molecule has 0 N–H and O–H groups in total. The van der Waals surface area contributed by atoms with Crippen LogP contribution in [0.4, 0.5) is 4.39 Å². The van der Waals surface area contributed by atoms with Gasteiger partial charge in [0.2, 0.25) is 6.86 Å². The minimum Gasteiger partial charge on any atom is -0.463 e. The standard InChI is InChI=1S/C12H17FO/c1-2-3-4-7-11-8-5-6-9-12(11)14-10-13/h5-6,8-9H,2-4,7,10H2,1H3. The monoisotopic (exact) mass is 196 g/mol. The van der Waals surface area contributed by atoms with Gasteiger partial charge in [0, 0.05) is 0 Å². The molecule has 1 rings (SSSR count). The molecule has 14 heavy (non-hydrogen) atoms. The molecule has 0 bridgehead atoms. The third-order valence-electron chi connectivity index (χ3n) is 2.23. The molecule has 1 nitrogen and oxygen atoms in total. The highest BCUT2D eigenvalue weighted by molar-refractivity contribution is 5.33. The fraction of sp³-hybridized carbons (Fsp3) is 0.500. The molecule has 1 aromatic carbocycles. The summed E-state index contributed by atoms with van der Waals surface area (Å²) in [5.74, 6) is 0.686. The molecule has 0 aromatic heterocycles. The number of alkyl halides is 1. The van der Waals surface area contributed by atoms with Crippen molar-refractivity contribution in [3.05, 3.63) is 29.8 Å². The number of hydrogen-bond donors (Lipinski definition) is 0. The highest BCUT2D eigenvalue weighted by Crippen LogP contribution is 2.20. The molecule has 0 spiro atoms. The number of aryl methyl sites for hydroxylation is 1. The molecule has 0 radical (unpaired) electrons. The lowest BCUT2D eigenvalue weighted by Gasteiger charge is -2.07. The maximum absolute atomic E-state index is 12.0. The number of hydrogen-bond acceptors (Lipinski definition) is 1. The summed E-state index contributed by atoms with van der Waals surface area (Å²) in [5, 5.41) is 0. The molecule has 0 atom stereocenters. The first-order chi connectivity index (χ1) is 6.88. The van der Waals surface area contributed by atoms with Crippen molar-refractivity contribution >= 4 is 0 Å². The van der Waals surface area contributed by atoms with Crippen LogP contribution in [-0.4, -0.2) is 6.86 Å². The van der Waals surface area contributed by atoms with Gasteiger partial charge in [0.05, 0.1) is 0 Å². The van der Waals surface area contributed by atoms with Crippen LogP contribution >= 0.6 is 0 Å². The van der Waals surface area contributed by atoms with E-state index in [1.54, 1.807) is 0 Å². The normalized spacial score (nSPS) is 10.1. The van der Waals surface area contributed by atoms with Crippen LogP contribution in [0, 0.1) is 0 Å². The Hall–Kier alpha value is -1.05. The van der Waals surface area contributed by atoms with Crippen molar-refractivity contribution in [1.82, 2.24) is 0 Å². The molecule has 78 valence electrons. The third kappa shape index (κ3) is 3.36. The molecule has 1 aromatic rings. The highest BCUT2D eigenvalue weighted by Gasteiger charge is 2.01. The van der Waals surface area contributed by atoms with Crippen molar-refractivity contribution in [3.8, 4) is 5.75 Å². The molecule has 2 heteroatoms. The maximum atomic E-state index is 12.0. The van der Waals surface area contributed by atoms with Crippen molar-refractivity contribution in [2.45, 2.75) is 32.6 Å². The van der Waals surface area contributed by atoms with E-state index < -0.39 is 6.86 Å². The zero-order valence-electron chi connectivity index (χ0n) is 8.63. The molecule has 0 fully saturated rings. The molecule has 0 aliphatic heterocycles. The van der Waals surface area contributed by atoms with E-state index in [2.05, 4.69) is 6.92 Å². The number of unbranched alkanes of at least 4 members (excludes halogenated alkanes) is 2. The third-order valence-corrected chi connectivity index (χ3v) is 2.23. The summed E-state index contributed by atoms with van der Waals surface area (Å²) in [6, 6.07) is 7.65. The number of rotatable bonds is 6. The van der Waals surface area contributed by atoms with Crippen LogP contribution in [0.15, 0.2) is 24.3 Å². The van der Waals surface area contributed by atoms with Crippen molar-refractivity contribution < 1.29 is 9.13 Å². The average molecular weight is 196 g/mol. The van der Waals surface area contributed by atoms with E-state index in [1.807, 2.05) is 24.3 Å². The summed E-state index contributed by atoms with van der Waals surface area (Å²) in [6.45, 7) is 1.43. The Kier molecular flexibility index (Phi) is 5.05. The molecule has 0 aliphatic rings. The molecule has 0 aliphatic carbocycles. The van der Waals surface area contributed by atoms with Crippen LogP contribution in [0.1, 0.15) is 31.7 Å². The summed E-state index contributed by atoms with van der Waals surface area (Å²) >= 11 is 0.